The monoisotopic (exact) mass is 1950 g/mol. The van der Waals surface area contributed by atoms with Crippen molar-refractivity contribution in [1.82, 2.24) is 39.9 Å². The molecule has 0 saturated heterocycles. The minimum Gasteiger partial charge on any atom is -0.354 e. The van der Waals surface area contributed by atoms with Crippen molar-refractivity contribution in [2.75, 3.05) is 0 Å². The summed E-state index contributed by atoms with van der Waals surface area (Å²) in [6.07, 6.45) is 17.5. The van der Waals surface area contributed by atoms with Crippen molar-refractivity contribution in [3.63, 3.8) is 0 Å². The Kier molecular flexibility index (Phi) is 24.5. The minimum atomic E-state index is -1.62. The molecule has 4 aliphatic rings. The van der Waals surface area contributed by atoms with Gasteiger partial charge in [-0.05, 0) is 399 Å². The Balaban J connectivity index is 0.684. The van der Waals surface area contributed by atoms with Crippen LogP contribution in [0.1, 0.15) is 204 Å². The number of fused-ring (bicyclic) bond motifs is 16. The van der Waals surface area contributed by atoms with Crippen LogP contribution >= 0.6 is 22.6 Å². The van der Waals surface area contributed by atoms with Crippen LogP contribution in [-0.4, -0.2) is 47.9 Å². The molecule has 0 saturated carbocycles. The highest BCUT2D eigenvalue weighted by Crippen LogP contribution is 2.47. The Morgan fingerprint density at radius 2 is 0.418 bits per heavy atom. The fourth-order valence-corrected chi connectivity index (χ4v) is 22.0. The van der Waals surface area contributed by atoms with Crippen molar-refractivity contribution in [2.45, 2.75) is 155 Å². The van der Waals surface area contributed by atoms with E-state index < -0.39 is 8.07 Å². The summed E-state index contributed by atoms with van der Waals surface area (Å²) in [5, 5.41) is 0. The van der Waals surface area contributed by atoms with E-state index in [2.05, 4.69) is 513 Å². The van der Waals surface area contributed by atoms with Gasteiger partial charge in [0.25, 0.3) is 0 Å². The van der Waals surface area contributed by atoms with E-state index in [1.54, 1.807) is 0 Å². The van der Waals surface area contributed by atoms with Gasteiger partial charge in [-0.15, -0.1) is 5.54 Å². The lowest BCUT2D eigenvalue weighted by molar-refractivity contribution is 0.589. The molecule has 6 aromatic heterocycles. The largest absolute Gasteiger partial charge is 0.354 e. The van der Waals surface area contributed by atoms with E-state index in [9.17, 15) is 0 Å². The Hall–Kier alpha value is -15.4. The number of benzene rings is 10. The molecule has 10 aromatic carbocycles. The maximum atomic E-state index is 5.77. The predicted molar refractivity (Wildman–Crippen MR) is 609 cm³/mol. The standard InChI is InChI=1S/C131H113IN8Si/c1-76-62-80(5)118(81(6)63-76)126-110-52-44-102(133-110)122(103-45-53-111(134-103)127(119-82(7)64-77(2)65-83(119)8)113-57-49-107(138-113)124(106-48-56-112(126)137-106)97-40-32-90(33-41-97)24-27-94-73-100(131(16,17)18)75-101(132)74-94)95-36-28-88(29-37-95)22-25-92-70-93(72-99(71-92)130(13,14)15)26-23-89-30-38-96(39-31-89)123-104-46-54-114(135-104)128(120-84(9)66-78(3)67-85(120)10)116-58-50-108(139-116)125(98-42-34-91(35-43-98)60-61-141(19,20)21)109-51-59-117(140-109)129(115-55-47-105(123)136-115)121-86(11)68-79(4)69-87(121)12/h28-59,62-75,133,135,138,140H,1-21H3. The van der Waals surface area contributed by atoms with Gasteiger partial charge in [0.1, 0.15) is 8.07 Å². The van der Waals surface area contributed by atoms with Gasteiger partial charge in [-0.3, -0.25) is 0 Å². The molecule has 688 valence electrons. The number of hydrogen-bond acceptors (Lipinski definition) is 4. The molecule has 0 amide bonds. The number of aryl methyl sites for hydroxylation is 12. The molecular formula is C131H113IN8Si. The molecule has 0 unspecified atom stereocenters. The number of nitrogens with zero attached hydrogens (tertiary/aromatic N) is 4. The number of halogens is 1. The summed E-state index contributed by atoms with van der Waals surface area (Å²) in [7, 11) is -1.62. The zero-order chi connectivity index (χ0) is 98.5. The van der Waals surface area contributed by atoms with Crippen LogP contribution in [0.3, 0.4) is 0 Å². The van der Waals surface area contributed by atoms with Gasteiger partial charge < -0.3 is 19.9 Å². The third kappa shape index (κ3) is 19.0. The maximum Gasteiger partial charge on any atom is 0.129 e. The smallest absolute Gasteiger partial charge is 0.129 e. The maximum absolute atomic E-state index is 5.77. The van der Waals surface area contributed by atoms with Gasteiger partial charge in [-0.2, -0.15) is 0 Å². The van der Waals surface area contributed by atoms with E-state index >= 15 is 0 Å². The molecule has 10 heteroatoms. The number of H-pyrrole nitrogens is 4. The highest BCUT2D eigenvalue weighted by molar-refractivity contribution is 14.1. The zero-order valence-corrected chi connectivity index (χ0v) is 87.4. The molecule has 0 fully saturated rings. The molecule has 4 N–H and O–H groups in total. The molecule has 4 aliphatic heterocycles. The molecule has 10 heterocycles. The minimum absolute atomic E-state index is 0.00117. The van der Waals surface area contributed by atoms with Crippen LogP contribution in [0.5, 0.6) is 0 Å². The van der Waals surface area contributed by atoms with E-state index in [0.29, 0.717) is 0 Å². The van der Waals surface area contributed by atoms with E-state index in [1.165, 1.54) is 75.9 Å². The fourth-order valence-electron chi connectivity index (χ4n) is 20.8. The summed E-state index contributed by atoms with van der Waals surface area (Å²) in [5.74, 6) is 25.0. The number of aromatic nitrogens is 8. The van der Waals surface area contributed by atoms with Gasteiger partial charge in [0.15, 0.2) is 0 Å². The van der Waals surface area contributed by atoms with E-state index in [4.69, 9.17) is 19.9 Å². The summed E-state index contributed by atoms with van der Waals surface area (Å²) < 4.78 is 1.17. The molecule has 0 aliphatic carbocycles. The summed E-state index contributed by atoms with van der Waals surface area (Å²) >= 11 is 2.41. The lowest BCUT2D eigenvalue weighted by atomic mass is 9.85. The first-order valence-electron chi connectivity index (χ1n) is 48.6. The highest BCUT2D eigenvalue weighted by Gasteiger charge is 2.28. The van der Waals surface area contributed by atoms with Crippen molar-refractivity contribution < 1.29 is 0 Å². The summed E-state index contributed by atoms with van der Waals surface area (Å²) in [6, 6.07) is 83.8. The first kappa shape index (κ1) is 93.2. The average molecular weight is 1950 g/mol. The zero-order valence-electron chi connectivity index (χ0n) is 84.2. The van der Waals surface area contributed by atoms with Crippen molar-refractivity contribution in [3.8, 4) is 136 Å². The van der Waals surface area contributed by atoms with Crippen LogP contribution < -0.4 is 0 Å². The van der Waals surface area contributed by atoms with Gasteiger partial charge in [-0.1, -0.05) is 222 Å². The predicted octanol–water partition coefficient (Wildman–Crippen LogP) is 33.3. The van der Waals surface area contributed by atoms with Crippen LogP contribution in [0.4, 0.5) is 0 Å². The SMILES string of the molecule is Cc1cc(C)c(-c2c3nc(c(-c4ccc(C#Cc5cc(C#Cc6ccc(-c7c8nc(c(-c9c(C)cc(C)cc9C)c9ccc([nH]9)c(-c9ccc(C#C[Si](C)(C)C)cc9)c9nc(c(-c%10c(C)cc(C)cc%10C)c%10ccc7[nH]%10)C=C9)C=C8)cc6)cc(C(C)(C)C)c5)cc4)c4ccc([nH]4)c(-c4c(C)cc(C)cc4C)c4nc(c(-c5ccc(C#Cc6cc(I)cc(C(C)(C)C)c6)cc5)c5ccc2[nH]5)C=C4)C=C3)c(C)c1. The van der Waals surface area contributed by atoms with E-state index in [1.807, 2.05) is 0 Å². The number of aromatic amines is 4. The van der Waals surface area contributed by atoms with Crippen LogP contribution in [-0.2, 0) is 10.8 Å². The topological polar surface area (TPSA) is 115 Å². The molecule has 20 rings (SSSR count). The van der Waals surface area contributed by atoms with Crippen molar-refractivity contribution in [3.05, 3.63) is 396 Å². The Morgan fingerprint density at radius 3 is 0.645 bits per heavy atom. The Morgan fingerprint density at radius 1 is 0.220 bits per heavy atom. The molecule has 0 atom stereocenters. The van der Waals surface area contributed by atoms with E-state index in [0.717, 1.165) is 223 Å². The summed E-state index contributed by atoms with van der Waals surface area (Å²) in [5.41, 5.74) is 57.3. The second-order valence-corrected chi connectivity index (χ2v) is 47.7. The molecular weight excluding hydrogens is 1840 g/mol. The van der Waals surface area contributed by atoms with Crippen LogP contribution in [0.25, 0.3) is 182 Å². The van der Waals surface area contributed by atoms with Gasteiger partial charge in [-0.25, -0.2) is 19.9 Å². The number of rotatable bonds is 8. The van der Waals surface area contributed by atoms with Crippen molar-refractivity contribution in [1.29, 1.82) is 0 Å². The molecule has 8 nitrogen and oxygen atoms in total. The Bertz CT molecular complexity index is 8530. The van der Waals surface area contributed by atoms with Crippen LogP contribution in [0.2, 0.25) is 19.6 Å². The lowest BCUT2D eigenvalue weighted by Crippen LogP contribution is -2.16. The van der Waals surface area contributed by atoms with Crippen LogP contribution in [0.15, 0.2) is 231 Å². The van der Waals surface area contributed by atoms with Gasteiger partial charge in [0.05, 0.1) is 45.6 Å². The second kappa shape index (κ2) is 37.1. The molecule has 141 heavy (non-hydrogen) atoms. The first-order valence-corrected chi connectivity index (χ1v) is 53.2. The third-order valence-corrected chi connectivity index (χ3v) is 28.6. The normalized spacial score (nSPS) is 12.1. The lowest BCUT2D eigenvalue weighted by Gasteiger charge is -2.19. The average Bonchev–Trinajstić information content (AvgIpc) is 1.60. The molecule has 0 spiro atoms. The van der Waals surface area contributed by atoms with Crippen LogP contribution in [0, 0.1) is 134 Å². The fraction of sp³-hybridized carbons (Fsp3) is 0.176. The third-order valence-electron chi connectivity index (χ3n) is 27.1. The van der Waals surface area contributed by atoms with Gasteiger partial charge in [0, 0.05) is 131 Å². The van der Waals surface area contributed by atoms with Gasteiger partial charge in [0.2, 0.25) is 0 Å². The first-order chi connectivity index (χ1) is 67.5. The summed E-state index contributed by atoms with van der Waals surface area (Å²) in [6.45, 7) is 46.8. The summed E-state index contributed by atoms with van der Waals surface area (Å²) in [4.78, 5) is 39.1. The van der Waals surface area contributed by atoms with E-state index in [-0.39, 0.29) is 10.8 Å². The molecule has 0 radical (unpaired) electrons. The molecule has 16 bridgehead atoms. The Labute approximate surface area is 844 Å². The van der Waals surface area contributed by atoms with Gasteiger partial charge >= 0.3 is 0 Å². The number of nitrogens with one attached hydrogen (secondary N) is 4. The van der Waals surface area contributed by atoms with Crippen molar-refractivity contribution in [2.24, 2.45) is 0 Å². The van der Waals surface area contributed by atoms with Crippen molar-refractivity contribution >= 4 is 123 Å². The molecule has 16 aromatic rings. The second-order valence-electron chi connectivity index (χ2n) is 41.7. The quantitative estimate of drug-likeness (QED) is 0.0689. The number of hydrogen-bond donors (Lipinski definition) is 4. The highest BCUT2D eigenvalue weighted by atomic mass is 127.